The second-order valence-electron chi connectivity index (χ2n) is 5.02. The molecule has 0 aromatic heterocycles. The molecule has 0 aromatic rings. The van der Waals surface area contributed by atoms with Crippen molar-refractivity contribution in [2.45, 2.75) is 38.7 Å². The number of methoxy groups -OCH3 is 1. The predicted molar refractivity (Wildman–Crippen MR) is 70.4 cm³/mol. The minimum absolute atomic E-state index is 0.647. The third-order valence-electron chi connectivity index (χ3n) is 2.03. The molecule has 4 nitrogen and oxygen atoms in total. The van der Waals surface area contributed by atoms with Crippen LogP contribution in [0.3, 0.4) is 0 Å². The van der Waals surface area contributed by atoms with Gasteiger partial charge in [0.1, 0.15) is 0 Å². The Labute approximate surface area is 101 Å². The Bertz CT molecular complexity index is 180. The predicted octanol–water partition coefficient (Wildman–Crippen LogP) is 1.96. The zero-order valence-corrected chi connectivity index (χ0v) is 13.2. The standard InChI is InChI=1S/C10H26O4Si2/c1-12-8-9-13-7-6-10-15(2,3)14-16(4,5)11/h11H,6-10H2,1-5H3. The van der Waals surface area contributed by atoms with Gasteiger partial charge in [0, 0.05) is 13.7 Å². The molecule has 0 aliphatic rings. The average molecular weight is 266 g/mol. The summed E-state index contributed by atoms with van der Waals surface area (Å²) in [6.45, 7) is 9.97. The molecule has 0 atom stereocenters. The Morgan fingerprint density at radius 3 is 2.12 bits per heavy atom. The van der Waals surface area contributed by atoms with Gasteiger partial charge in [-0.25, -0.2) is 0 Å². The molecule has 98 valence electrons. The number of hydrogen-bond donors (Lipinski definition) is 1. The minimum atomic E-state index is -2.37. The molecule has 0 saturated carbocycles. The molecular formula is C10H26O4Si2. The van der Waals surface area contributed by atoms with Crippen molar-refractivity contribution in [3.05, 3.63) is 0 Å². The van der Waals surface area contributed by atoms with Crippen LogP contribution in [-0.4, -0.2) is 48.6 Å². The summed E-state index contributed by atoms with van der Waals surface area (Å²) in [5.74, 6) is 0. The zero-order valence-electron chi connectivity index (χ0n) is 11.2. The average Bonchev–Trinajstić information content (AvgIpc) is 2.06. The van der Waals surface area contributed by atoms with Crippen molar-refractivity contribution in [1.29, 1.82) is 0 Å². The van der Waals surface area contributed by atoms with Gasteiger partial charge in [-0.1, -0.05) is 0 Å². The first-order valence-corrected chi connectivity index (χ1v) is 11.7. The minimum Gasteiger partial charge on any atom is -0.436 e. The van der Waals surface area contributed by atoms with Gasteiger partial charge in [-0.2, -0.15) is 0 Å². The molecule has 0 amide bonds. The molecule has 0 aliphatic heterocycles. The van der Waals surface area contributed by atoms with Crippen LogP contribution in [0.15, 0.2) is 0 Å². The molecule has 0 fully saturated rings. The third kappa shape index (κ3) is 10.8. The SMILES string of the molecule is COCCOCCC[Si](C)(C)O[Si](C)(C)O. The van der Waals surface area contributed by atoms with Crippen molar-refractivity contribution in [3.63, 3.8) is 0 Å². The van der Waals surface area contributed by atoms with Gasteiger partial charge in [0.2, 0.25) is 0 Å². The molecular weight excluding hydrogens is 240 g/mol. The Hall–Kier alpha value is 0.274. The lowest BCUT2D eigenvalue weighted by molar-refractivity contribution is 0.0707. The van der Waals surface area contributed by atoms with E-state index in [9.17, 15) is 4.80 Å². The molecule has 1 N–H and O–H groups in total. The lowest BCUT2D eigenvalue weighted by atomic mass is 10.5. The smallest absolute Gasteiger partial charge is 0.318 e. The summed E-state index contributed by atoms with van der Waals surface area (Å²) in [7, 11) is -2.41. The fourth-order valence-corrected chi connectivity index (χ4v) is 8.38. The molecule has 0 aliphatic carbocycles. The normalized spacial score (nSPS) is 13.1. The Morgan fingerprint density at radius 1 is 1.00 bits per heavy atom. The van der Waals surface area contributed by atoms with E-state index in [-0.39, 0.29) is 0 Å². The van der Waals surface area contributed by atoms with E-state index in [0.717, 1.165) is 19.1 Å². The van der Waals surface area contributed by atoms with Gasteiger partial charge in [0.15, 0.2) is 8.32 Å². The van der Waals surface area contributed by atoms with E-state index >= 15 is 0 Å². The van der Waals surface area contributed by atoms with E-state index in [1.807, 2.05) is 13.1 Å². The summed E-state index contributed by atoms with van der Waals surface area (Å²) in [5, 5.41) is 0. The van der Waals surface area contributed by atoms with Gasteiger partial charge in [-0.3, -0.25) is 0 Å². The summed E-state index contributed by atoms with van der Waals surface area (Å²) >= 11 is 0. The molecule has 16 heavy (non-hydrogen) atoms. The molecule has 0 saturated heterocycles. The molecule has 0 heterocycles. The highest BCUT2D eigenvalue weighted by Crippen LogP contribution is 2.18. The van der Waals surface area contributed by atoms with Crippen molar-refractivity contribution in [1.82, 2.24) is 0 Å². The van der Waals surface area contributed by atoms with Crippen LogP contribution < -0.4 is 0 Å². The first-order valence-electron chi connectivity index (χ1n) is 5.76. The van der Waals surface area contributed by atoms with Crippen LogP contribution in [0.25, 0.3) is 0 Å². The van der Waals surface area contributed by atoms with E-state index in [1.54, 1.807) is 7.11 Å². The van der Waals surface area contributed by atoms with Gasteiger partial charge >= 0.3 is 8.56 Å². The topological polar surface area (TPSA) is 47.9 Å². The van der Waals surface area contributed by atoms with Crippen LogP contribution >= 0.6 is 0 Å². The quantitative estimate of drug-likeness (QED) is 0.512. The fourth-order valence-electron chi connectivity index (χ4n) is 1.57. The maximum atomic E-state index is 9.73. The first kappa shape index (κ1) is 16.3. The Kier molecular flexibility index (Phi) is 7.70. The van der Waals surface area contributed by atoms with E-state index in [2.05, 4.69) is 13.1 Å². The Balaban J connectivity index is 3.58. The van der Waals surface area contributed by atoms with Crippen LogP contribution in [0, 0.1) is 0 Å². The molecule has 0 spiro atoms. The second-order valence-corrected chi connectivity index (χ2v) is 12.7. The molecule has 0 bridgehead atoms. The monoisotopic (exact) mass is 266 g/mol. The highest BCUT2D eigenvalue weighted by molar-refractivity contribution is 6.81. The van der Waals surface area contributed by atoms with Gasteiger partial charge in [-0.15, -0.1) is 0 Å². The van der Waals surface area contributed by atoms with Gasteiger partial charge in [-0.05, 0) is 38.7 Å². The fraction of sp³-hybridized carbons (Fsp3) is 1.00. The highest BCUT2D eigenvalue weighted by atomic mass is 28.4. The van der Waals surface area contributed by atoms with E-state index in [4.69, 9.17) is 13.6 Å². The van der Waals surface area contributed by atoms with Crippen LogP contribution in [0.1, 0.15) is 6.42 Å². The van der Waals surface area contributed by atoms with E-state index < -0.39 is 16.9 Å². The molecule has 0 rings (SSSR count). The zero-order chi connectivity index (χ0) is 12.7. The van der Waals surface area contributed by atoms with Gasteiger partial charge < -0.3 is 18.4 Å². The summed E-state index contributed by atoms with van der Waals surface area (Å²) < 4.78 is 16.1. The van der Waals surface area contributed by atoms with Crippen molar-refractivity contribution < 1.29 is 18.4 Å². The Morgan fingerprint density at radius 2 is 1.62 bits per heavy atom. The van der Waals surface area contributed by atoms with Crippen LogP contribution in [0.5, 0.6) is 0 Å². The second kappa shape index (κ2) is 7.57. The van der Waals surface area contributed by atoms with Crippen LogP contribution in [-0.2, 0) is 13.6 Å². The molecule has 0 unspecified atom stereocenters. The van der Waals surface area contributed by atoms with E-state index in [0.29, 0.717) is 13.2 Å². The molecule has 0 aromatic carbocycles. The van der Waals surface area contributed by atoms with Crippen LogP contribution in [0.2, 0.25) is 32.2 Å². The maximum Gasteiger partial charge on any atom is 0.318 e. The number of rotatable bonds is 9. The number of ether oxygens (including phenoxy) is 2. The van der Waals surface area contributed by atoms with Crippen molar-refractivity contribution in [2.75, 3.05) is 26.9 Å². The largest absolute Gasteiger partial charge is 0.436 e. The molecule has 6 heteroatoms. The van der Waals surface area contributed by atoms with E-state index in [1.165, 1.54) is 0 Å². The van der Waals surface area contributed by atoms with Crippen molar-refractivity contribution in [2.24, 2.45) is 0 Å². The van der Waals surface area contributed by atoms with Crippen molar-refractivity contribution >= 4 is 16.9 Å². The third-order valence-corrected chi connectivity index (χ3v) is 7.79. The summed E-state index contributed by atoms with van der Waals surface area (Å²) in [5.41, 5.74) is 0. The lowest BCUT2D eigenvalue weighted by Gasteiger charge is -2.29. The summed E-state index contributed by atoms with van der Waals surface area (Å²) in [6, 6.07) is 1.02. The van der Waals surface area contributed by atoms with Gasteiger partial charge in [0.05, 0.1) is 13.2 Å². The highest BCUT2D eigenvalue weighted by Gasteiger charge is 2.31. The summed E-state index contributed by atoms with van der Waals surface area (Å²) in [6.07, 6.45) is 0.993. The van der Waals surface area contributed by atoms with Crippen molar-refractivity contribution in [3.8, 4) is 0 Å². The van der Waals surface area contributed by atoms with Crippen LogP contribution in [0.4, 0.5) is 0 Å². The summed E-state index contributed by atoms with van der Waals surface area (Å²) in [4.78, 5) is 9.73. The lowest BCUT2D eigenvalue weighted by Crippen LogP contribution is -2.44. The number of hydrogen-bond acceptors (Lipinski definition) is 4. The molecule has 0 radical (unpaired) electrons. The maximum absolute atomic E-state index is 9.73. The first-order chi connectivity index (χ1) is 7.27. The van der Waals surface area contributed by atoms with Gasteiger partial charge in [0.25, 0.3) is 0 Å².